The number of hydrogen-bond donors (Lipinski definition) is 1. The molecule has 7 heteroatoms. The third kappa shape index (κ3) is 3.93. The van der Waals surface area contributed by atoms with Crippen molar-refractivity contribution in [3.8, 4) is 0 Å². The largest absolute Gasteiger partial charge is 0.388 e. The highest BCUT2D eigenvalue weighted by Gasteiger charge is 2.29. The zero-order valence-electron chi connectivity index (χ0n) is 12.4. The Bertz CT molecular complexity index is 489. The Balaban J connectivity index is 2.17. The van der Waals surface area contributed by atoms with Crippen LogP contribution in [0.25, 0.3) is 0 Å². The molecule has 1 aliphatic rings. The van der Waals surface area contributed by atoms with Crippen LogP contribution in [0.4, 0.5) is 10.7 Å². The van der Waals surface area contributed by atoms with Gasteiger partial charge in [-0.3, -0.25) is 10.1 Å². The number of nitro groups is 1. The van der Waals surface area contributed by atoms with Crippen molar-refractivity contribution in [3.63, 3.8) is 0 Å². The van der Waals surface area contributed by atoms with E-state index >= 15 is 0 Å². The lowest BCUT2D eigenvalue weighted by Crippen LogP contribution is -2.39. The van der Waals surface area contributed by atoms with E-state index in [2.05, 4.69) is 6.92 Å². The summed E-state index contributed by atoms with van der Waals surface area (Å²) in [5, 5.41) is 21.5. The van der Waals surface area contributed by atoms with Crippen LogP contribution >= 0.6 is 11.3 Å². The summed E-state index contributed by atoms with van der Waals surface area (Å²) < 4.78 is 5.78. The predicted molar refractivity (Wildman–Crippen MR) is 83.1 cm³/mol. The Morgan fingerprint density at radius 1 is 1.67 bits per heavy atom. The average molecular weight is 314 g/mol. The molecule has 2 rings (SSSR count). The van der Waals surface area contributed by atoms with Crippen molar-refractivity contribution in [2.24, 2.45) is 0 Å². The average Bonchev–Trinajstić information content (AvgIpc) is 2.91. The van der Waals surface area contributed by atoms with Gasteiger partial charge < -0.3 is 14.7 Å². The van der Waals surface area contributed by atoms with Crippen LogP contribution in [0.2, 0.25) is 0 Å². The predicted octanol–water partition coefficient (Wildman–Crippen LogP) is 3.11. The second-order valence-electron chi connectivity index (χ2n) is 5.35. The molecule has 1 aromatic heterocycles. The number of anilines is 1. The normalized spacial score (nSPS) is 20.5. The van der Waals surface area contributed by atoms with Crippen LogP contribution in [0.15, 0.2) is 6.07 Å². The molecule has 1 N–H and O–H groups in total. The van der Waals surface area contributed by atoms with E-state index in [1.54, 1.807) is 6.92 Å². The fourth-order valence-electron chi connectivity index (χ4n) is 2.50. The maximum Gasteiger partial charge on any atom is 0.304 e. The molecule has 1 aliphatic heterocycles. The van der Waals surface area contributed by atoms with Gasteiger partial charge >= 0.3 is 5.69 Å². The van der Waals surface area contributed by atoms with Gasteiger partial charge in [-0.05, 0) is 26.2 Å². The lowest BCUT2D eigenvalue weighted by molar-refractivity contribution is -0.383. The van der Waals surface area contributed by atoms with Crippen LogP contribution in [0.1, 0.15) is 44.1 Å². The molecular formula is C14H22N2O4S. The lowest BCUT2D eigenvalue weighted by Gasteiger charge is -2.32. The van der Waals surface area contributed by atoms with E-state index in [0.717, 1.165) is 32.4 Å². The second-order valence-corrected chi connectivity index (χ2v) is 6.42. The molecule has 0 spiro atoms. The molecule has 0 radical (unpaired) electrons. The molecule has 2 heterocycles. The summed E-state index contributed by atoms with van der Waals surface area (Å²) in [5.74, 6) is 0. The summed E-state index contributed by atoms with van der Waals surface area (Å²) in [7, 11) is 0. The minimum atomic E-state index is -0.681. The summed E-state index contributed by atoms with van der Waals surface area (Å²) in [6.07, 6.45) is 2.39. The molecule has 2 atom stereocenters. The van der Waals surface area contributed by atoms with Crippen LogP contribution in [0, 0.1) is 10.1 Å². The topological polar surface area (TPSA) is 75.8 Å². The van der Waals surface area contributed by atoms with Crippen molar-refractivity contribution in [1.82, 2.24) is 0 Å². The van der Waals surface area contributed by atoms with Crippen molar-refractivity contribution < 1.29 is 14.8 Å². The van der Waals surface area contributed by atoms with Gasteiger partial charge in [0.2, 0.25) is 0 Å². The molecule has 0 bridgehead atoms. The van der Waals surface area contributed by atoms with E-state index in [1.165, 1.54) is 17.4 Å². The summed E-state index contributed by atoms with van der Waals surface area (Å²) >= 11 is 1.31. The fourth-order valence-corrected chi connectivity index (χ4v) is 3.59. The van der Waals surface area contributed by atoms with Crippen LogP contribution < -0.4 is 4.90 Å². The quantitative estimate of drug-likeness (QED) is 0.645. The molecule has 0 aromatic carbocycles. The first-order valence-electron chi connectivity index (χ1n) is 7.35. The van der Waals surface area contributed by atoms with E-state index < -0.39 is 6.10 Å². The van der Waals surface area contributed by atoms with E-state index in [4.69, 9.17) is 4.74 Å². The Morgan fingerprint density at radius 3 is 3.05 bits per heavy atom. The standard InChI is InChI=1S/C14H22N2O4S/c1-3-7-20-11-5-4-6-15(9-11)14-12(16(18)19)8-13(21-14)10(2)17/h8,10-11,17H,3-7,9H2,1-2H3. The van der Waals surface area contributed by atoms with E-state index in [0.29, 0.717) is 16.4 Å². The van der Waals surface area contributed by atoms with Crippen molar-refractivity contribution in [1.29, 1.82) is 0 Å². The lowest BCUT2D eigenvalue weighted by atomic mass is 10.1. The van der Waals surface area contributed by atoms with Crippen LogP contribution in [0.3, 0.4) is 0 Å². The van der Waals surface area contributed by atoms with Gasteiger partial charge in [0.15, 0.2) is 5.00 Å². The fraction of sp³-hybridized carbons (Fsp3) is 0.714. The number of thiophene rings is 1. The summed E-state index contributed by atoms with van der Waals surface area (Å²) in [5.41, 5.74) is 0.0899. The zero-order valence-corrected chi connectivity index (χ0v) is 13.3. The molecule has 1 saturated heterocycles. The number of aliphatic hydroxyl groups is 1. The monoisotopic (exact) mass is 314 g/mol. The van der Waals surface area contributed by atoms with Gasteiger partial charge in [-0.15, -0.1) is 11.3 Å². The summed E-state index contributed by atoms with van der Waals surface area (Å²) in [6.45, 7) is 5.90. The van der Waals surface area contributed by atoms with Gasteiger partial charge in [-0.25, -0.2) is 0 Å². The summed E-state index contributed by atoms with van der Waals surface area (Å²) in [4.78, 5) is 13.5. The number of ether oxygens (including phenoxy) is 1. The highest BCUT2D eigenvalue weighted by atomic mass is 32.1. The Hall–Kier alpha value is -1.18. The van der Waals surface area contributed by atoms with Gasteiger partial charge in [-0.1, -0.05) is 6.92 Å². The number of rotatable bonds is 6. The Morgan fingerprint density at radius 2 is 2.43 bits per heavy atom. The van der Waals surface area contributed by atoms with Crippen LogP contribution in [-0.2, 0) is 4.74 Å². The smallest absolute Gasteiger partial charge is 0.304 e. The highest BCUT2D eigenvalue weighted by molar-refractivity contribution is 7.16. The van der Waals surface area contributed by atoms with E-state index in [1.807, 2.05) is 4.90 Å². The molecule has 0 amide bonds. The maximum atomic E-state index is 11.2. The molecule has 1 aromatic rings. The van der Waals surface area contributed by atoms with Gasteiger partial charge in [0.25, 0.3) is 0 Å². The van der Waals surface area contributed by atoms with Gasteiger partial charge in [0, 0.05) is 30.6 Å². The maximum absolute atomic E-state index is 11.2. The molecule has 1 fully saturated rings. The number of piperidine rings is 1. The minimum absolute atomic E-state index is 0.0899. The van der Waals surface area contributed by atoms with Crippen molar-refractivity contribution >= 4 is 22.0 Å². The molecular weight excluding hydrogens is 292 g/mol. The molecule has 6 nitrogen and oxygen atoms in total. The minimum Gasteiger partial charge on any atom is -0.388 e. The van der Waals surface area contributed by atoms with Crippen LogP contribution in [0.5, 0.6) is 0 Å². The van der Waals surface area contributed by atoms with Crippen molar-refractivity contribution in [3.05, 3.63) is 21.1 Å². The highest BCUT2D eigenvalue weighted by Crippen LogP contribution is 2.41. The molecule has 2 unspecified atom stereocenters. The Kier molecular flexibility index (Phi) is 5.55. The molecule has 118 valence electrons. The second kappa shape index (κ2) is 7.20. The van der Waals surface area contributed by atoms with E-state index in [-0.39, 0.29) is 16.7 Å². The van der Waals surface area contributed by atoms with Crippen molar-refractivity contribution in [2.75, 3.05) is 24.6 Å². The number of aliphatic hydroxyl groups excluding tert-OH is 1. The molecule has 0 saturated carbocycles. The van der Waals surface area contributed by atoms with Gasteiger partial charge in [0.1, 0.15) is 0 Å². The molecule has 21 heavy (non-hydrogen) atoms. The Labute approximate surface area is 128 Å². The third-order valence-corrected chi connectivity index (χ3v) is 4.90. The number of nitrogens with zero attached hydrogens (tertiary/aromatic N) is 2. The van der Waals surface area contributed by atoms with Crippen LogP contribution in [-0.4, -0.2) is 35.8 Å². The zero-order chi connectivity index (χ0) is 15.4. The van der Waals surface area contributed by atoms with Crippen molar-refractivity contribution in [2.45, 2.75) is 45.3 Å². The first-order chi connectivity index (χ1) is 10.0. The van der Waals surface area contributed by atoms with E-state index in [9.17, 15) is 15.2 Å². The number of hydrogen-bond acceptors (Lipinski definition) is 6. The van der Waals surface area contributed by atoms with Gasteiger partial charge in [0.05, 0.1) is 17.1 Å². The first kappa shape index (κ1) is 16.2. The summed E-state index contributed by atoms with van der Waals surface area (Å²) in [6, 6.07) is 1.49. The third-order valence-electron chi connectivity index (χ3n) is 3.54. The SMILES string of the molecule is CCCOC1CCCN(c2sc(C(C)O)cc2[N+](=O)[O-])C1. The van der Waals surface area contributed by atoms with Gasteiger partial charge in [-0.2, -0.15) is 0 Å². The molecule has 0 aliphatic carbocycles. The first-order valence-corrected chi connectivity index (χ1v) is 8.17.